The molecule has 3 aromatic rings. The van der Waals surface area contributed by atoms with Crippen LogP contribution in [0.1, 0.15) is 15.9 Å². The molecule has 0 unspecified atom stereocenters. The number of rotatable bonds is 4. The zero-order valence-electron chi connectivity index (χ0n) is 10.7. The number of hydrogen-bond acceptors (Lipinski definition) is 3. The van der Waals surface area contributed by atoms with Gasteiger partial charge in [-0.1, -0.05) is 18.2 Å². The van der Waals surface area contributed by atoms with Crippen LogP contribution in [0, 0.1) is 0 Å². The van der Waals surface area contributed by atoms with Gasteiger partial charge in [-0.05, 0) is 46.7 Å². The molecule has 4 heteroatoms. The summed E-state index contributed by atoms with van der Waals surface area (Å²) in [6.07, 6.45) is 0. The molecule has 0 bridgehead atoms. The number of thiophene rings is 1. The topological polar surface area (TPSA) is 49.3 Å². The van der Waals surface area contributed by atoms with E-state index in [-0.39, 0.29) is 0 Å². The zero-order chi connectivity index (χ0) is 13.9. The van der Waals surface area contributed by atoms with E-state index in [2.05, 4.69) is 22.8 Å². The van der Waals surface area contributed by atoms with Gasteiger partial charge in [-0.2, -0.15) is 0 Å². The predicted octanol–water partition coefficient (Wildman–Crippen LogP) is 4.21. The van der Waals surface area contributed by atoms with Gasteiger partial charge in [0.05, 0.1) is 5.56 Å². The van der Waals surface area contributed by atoms with E-state index in [9.17, 15) is 4.79 Å². The van der Waals surface area contributed by atoms with Crippen molar-refractivity contribution in [2.75, 3.05) is 5.32 Å². The average Bonchev–Trinajstić information content (AvgIpc) is 2.89. The Bertz CT molecular complexity index is 747. The highest BCUT2D eigenvalue weighted by Crippen LogP contribution is 2.26. The quantitative estimate of drug-likeness (QED) is 0.754. The summed E-state index contributed by atoms with van der Waals surface area (Å²) >= 11 is 1.74. The molecular formula is C16H13NO2S. The van der Waals surface area contributed by atoms with Crippen LogP contribution in [-0.4, -0.2) is 11.1 Å². The number of carboxylic acid groups (broad SMARTS) is 1. The fourth-order valence-corrected chi connectivity index (χ4v) is 3.06. The van der Waals surface area contributed by atoms with Gasteiger partial charge in [-0.3, -0.25) is 0 Å². The first-order valence-electron chi connectivity index (χ1n) is 6.26. The first-order valence-corrected chi connectivity index (χ1v) is 7.14. The Kier molecular flexibility index (Phi) is 3.39. The normalized spacial score (nSPS) is 10.6. The van der Waals surface area contributed by atoms with Crippen molar-refractivity contribution in [1.82, 2.24) is 0 Å². The number of carbonyl (C=O) groups is 1. The second-order valence-corrected chi connectivity index (χ2v) is 5.40. The van der Waals surface area contributed by atoms with Crippen molar-refractivity contribution in [3.05, 3.63) is 65.0 Å². The van der Waals surface area contributed by atoms with Crippen molar-refractivity contribution < 1.29 is 9.90 Å². The SMILES string of the molecule is O=C(O)c1ccc(NCc2csc3ccccc23)cc1. The molecule has 100 valence electrons. The van der Waals surface area contributed by atoms with E-state index in [0.29, 0.717) is 5.56 Å². The Hall–Kier alpha value is -2.33. The van der Waals surface area contributed by atoms with Gasteiger partial charge >= 0.3 is 5.97 Å². The zero-order valence-corrected chi connectivity index (χ0v) is 11.5. The molecule has 0 fully saturated rings. The third-order valence-corrected chi connectivity index (χ3v) is 4.19. The third-order valence-electron chi connectivity index (χ3n) is 3.18. The molecule has 3 rings (SSSR count). The summed E-state index contributed by atoms with van der Waals surface area (Å²) in [5, 5.41) is 15.6. The first kappa shape index (κ1) is 12.7. The molecule has 0 spiro atoms. The summed E-state index contributed by atoms with van der Waals surface area (Å²) in [7, 11) is 0. The van der Waals surface area contributed by atoms with Gasteiger partial charge in [-0.15, -0.1) is 11.3 Å². The maximum atomic E-state index is 10.8. The number of anilines is 1. The number of benzene rings is 2. The van der Waals surface area contributed by atoms with Gasteiger partial charge in [0, 0.05) is 16.9 Å². The Morgan fingerprint density at radius 3 is 2.60 bits per heavy atom. The van der Waals surface area contributed by atoms with Crippen molar-refractivity contribution in [1.29, 1.82) is 0 Å². The van der Waals surface area contributed by atoms with Gasteiger partial charge in [0.15, 0.2) is 0 Å². The third kappa shape index (κ3) is 2.51. The van der Waals surface area contributed by atoms with E-state index >= 15 is 0 Å². The summed E-state index contributed by atoms with van der Waals surface area (Å²) in [5.74, 6) is -0.902. The molecule has 2 aromatic carbocycles. The van der Waals surface area contributed by atoms with Gasteiger partial charge in [0.1, 0.15) is 0 Å². The molecule has 0 aliphatic carbocycles. The lowest BCUT2D eigenvalue weighted by molar-refractivity contribution is 0.0697. The second kappa shape index (κ2) is 5.35. The molecule has 0 aliphatic rings. The molecule has 0 aliphatic heterocycles. The van der Waals surface area contributed by atoms with Gasteiger partial charge in [-0.25, -0.2) is 4.79 Å². The van der Waals surface area contributed by atoms with Crippen molar-refractivity contribution in [3.63, 3.8) is 0 Å². The standard InChI is InChI=1S/C16H13NO2S/c18-16(19)11-5-7-13(8-6-11)17-9-12-10-20-15-4-2-1-3-14(12)15/h1-8,10,17H,9H2,(H,18,19). The summed E-state index contributed by atoms with van der Waals surface area (Å²) in [5.41, 5.74) is 2.48. The summed E-state index contributed by atoms with van der Waals surface area (Å²) in [4.78, 5) is 10.8. The monoisotopic (exact) mass is 283 g/mol. The van der Waals surface area contributed by atoms with Crippen LogP contribution in [0.25, 0.3) is 10.1 Å². The van der Waals surface area contributed by atoms with Crippen LogP contribution < -0.4 is 5.32 Å². The Morgan fingerprint density at radius 1 is 1.10 bits per heavy atom. The molecule has 3 nitrogen and oxygen atoms in total. The van der Waals surface area contributed by atoms with Crippen LogP contribution in [0.5, 0.6) is 0 Å². The van der Waals surface area contributed by atoms with Crippen molar-refractivity contribution in [3.8, 4) is 0 Å². The summed E-state index contributed by atoms with van der Waals surface area (Å²) in [6, 6.07) is 15.1. The minimum absolute atomic E-state index is 0.302. The van der Waals surface area contributed by atoms with Crippen LogP contribution in [0.3, 0.4) is 0 Å². The summed E-state index contributed by atoms with van der Waals surface area (Å²) in [6.45, 7) is 0.733. The largest absolute Gasteiger partial charge is 0.478 e. The van der Waals surface area contributed by atoms with Crippen LogP contribution in [0.4, 0.5) is 5.69 Å². The predicted molar refractivity (Wildman–Crippen MR) is 82.6 cm³/mol. The molecule has 1 heterocycles. The number of nitrogens with one attached hydrogen (secondary N) is 1. The Balaban J connectivity index is 1.74. The Labute approximate surface area is 120 Å². The molecule has 0 saturated carbocycles. The minimum Gasteiger partial charge on any atom is -0.478 e. The molecule has 0 atom stereocenters. The highest BCUT2D eigenvalue weighted by Gasteiger charge is 2.04. The van der Waals surface area contributed by atoms with Crippen LogP contribution in [-0.2, 0) is 6.54 Å². The van der Waals surface area contributed by atoms with Crippen LogP contribution in [0.15, 0.2) is 53.9 Å². The molecule has 2 N–H and O–H groups in total. The van der Waals surface area contributed by atoms with Gasteiger partial charge in [0.25, 0.3) is 0 Å². The maximum absolute atomic E-state index is 10.8. The average molecular weight is 283 g/mol. The van der Waals surface area contributed by atoms with Crippen LogP contribution in [0.2, 0.25) is 0 Å². The molecule has 0 saturated heterocycles. The Morgan fingerprint density at radius 2 is 1.85 bits per heavy atom. The van der Waals surface area contributed by atoms with Crippen molar-refractivity contribution in [2.45, 2.75) is 6.54 Å². The lowest BCUT2D eigenvalue weighted by Gasteiger charge is -2.06. The smallest absolute Gasteiger partial charge is 0.335 e. The van der Waals surface area contributed by atoms with E-state index in [4.69, 9.17) is 5.11 Å². The molecule has 0 amide bonds. The number of fused-ring (bicyclic) bond motifs is 1. The van der Waals surface area contributed by atoms with Crippen molar-refractivity contribution in [2.24, 2.45) is 0 Å². The fourth-order valence-electron chi connectivity index (χ4n) is 2.10. The van der Waals surface area contributed by atoms with E-state index in [1.807, 2.05) is 12.1 Å². The second-order valence-electron chi connectivity index (χ2n) is 4.49. The lowest BCUT2D eigenvalue weighted by atomic mass is 10.1. The molecule has 20 heavy (non-hydrogen) atoms. The number of aromatic carboxylic acids is 1. The number of carboxylic acids is 1. The van der Waals surface area contributed by atoms with E-state index < -0.39 is 5.97 Å². The van der Waals surface area contributed by atoms with E-state index in [1.54, 1.807) is 35.6 Å². The van der Waals surface area contributed by atoms with Gasteiger partial charge in [0.2, 0.25) is 0 Å². The molecule has 0 radical (unpaired) electrons. The lowest BCUT2D eigenvalue weighted by Crippen LogP contribution is -2.00. The van der Waals surface area contributed by atoms with Gasteiger partial charge < -0.3 is 10.4 Å². The van der Waals surface area contributed by atoms with Crippen molar-refractivity contribution >= 4 is 33.1 Å². The molecular weight excluding hydrogens is 270 g/mol. The van der Waals surface area contributed by atoms with E-state index in [1.165, 1.54) is 15.6 Å². The minimum atomic E-state index is -0.902. The van der Waals surface area contributed by atoms with Crippen LogP contribution >= 0.6 is 11.3 Å². The first-order chi connectivity index (χ1) is 9.74. The molecule has 1 aromatic heterocycles. The number of hydrogen-bond donors (Lipinski definition) is 2. The fraction of sp³-hybridized carbons (Fsp3) is 0.0625. The summed E-state index contributed by atoms with van der Waals surface area (Å²) < 4.78 is 1.28. The highest BCUT2D eigenvalue weighted by molar-refractivity contribution is 7.17. The maximum Gasteiger partial charge on any atom is 0.335 e. The van der Waals surface area contributed by atoms with E-state index in [0.717, 1.165) is 12.2 Å². The highest BCUT2D eigenvalue weighted by atomic mass is 32.1.